The normalized spacial score (nSPS) is 12.3. The molecule has 2 aromatic rings. The zero-order chi connectivity index (χ0) is 14.4. The van der Waals surface area contributed by atoms with Gasteiger partial charge in [0.2, 0.25) is 0 Å². The van der Waals surface area contributed by atoms with Gasteiger partial charge in [-0.3, -0.25) is 0 Å². The lowest BCUT2D eigenvalue weighted by atomic mass is 9.91. The smallest absolute Gasteiger partial charge is 0.126 e. The molecule has 3 heteroatoms. The topological polar surface area (TPSA) is 12.0 Å². The molecule has 0 saturated carbocycles. The molecule has 0 spiro atoms. The first-order valence-electron chi connectivity index (χ1n) is 6.91. The van der Waals surface area contributed by atoms with Gasteiger partial charge in [-0.05, 0) is 36.2 Å². The van der Waals surface area contributed by atoms with Crippen LogP contribution >= 0.6 is 11.6 Å². The Kier molecular flexibility index (Phi) is 5.57. The number of halogens is 2. The van der Waals surface area contributed by atoms with Crippen LogP contribution < -0.4 is 5.32 Å². The van der Waals surface area contributed by atoms with Crippen molar-refractivity contribution < 1.29 is 4.39 Å². The van der Waals surface area contributed by atoms with E-state index in [0.29, 0.717) is 6.42 Å². The predicted octanol–water partition coefficient (Wildman–Crippen LogP) is 4.41. The summed E-state index contributed by atoms with van der Waals surface area (Å²) in [5, 5.41) is 4.08. The summed E-state index contributed by atoms with van der Waals surface area (Å²) in [7, 11) is 0. The van der Waals surface area contributed by atoms with Gasteiger partial charge < -0.3 is 5.32 Å². The molecule has 2 rings (SSSR count). The number of likely N-dealkylation sites (N-methyl/N-ethyl adjacent to an activating group) is 1. The largest absolute Gasteiger partial charge is 0.316 e. The maximum atomic E-state index is 13.8. The Balaban J connectivity index is 2.24. The molecule has 0 aliphatic heterocycles. The number of rotatable bonds is 6. The first kappa shape index (κ1) is 15.0. The van der Waals surface area contributed by atoms with Gasteiger partial charge >= 0.3 is 0 Å². The summed E-state index contributed by atoms with van der Waals surface area (Å²) in [5.74, 6) is 0.0154. The van der Waals surface area contributed by atoms with Gasteiger partial charge in [-0.25, -0.2) is 4.39 Å². The van der Waals surface area contributed by atoms with E-state index in [2.05, 4.69) is 12.2 Å². The number of hydrogen-bond donors (Lipinski definition) is 1. The lowest BCUT2D eigenvalue weighted by Gasteiger charge is -2.19. The SMILES string of the molecule is CCNCC(Cc1ccccc1F)c1ccccc1Cl. The monoisotopic (exact) mass is 291 g/mol. The van der Waals surface area contributed by atoms with Crippen LogP contribution in [0.4, 0.5) is 4.39 Å². The molecule has 1 nitrogen and oxygen atoms in total. The second-order valence-electron chi connectivity index (χ2n) is 4.82. The number of nitrogens with one attached hydrogen (secondary N) is 1. The summed E-state index contributed by atoms with van der Waals surface area (Å²) in [6.07, 6.45) is 0.642. The molecule has 0 fully saturated rings. The highest BCUT2D eigenvalue weighted by molar-refractivity contribution is 6.31. The van der Waals surface area contributed by atoms with E-state index in [1.807, 2.05) is 36.4 Å². The maximum Gasteiger partial charge on any atom is 0.126 e. The molecule has 1 unspecified atom stereocenters. The lowest BCUT2D eigenvalue weighted by Crippen LogP contribution is -2.23. The van der Waals surface area contributed by atoms with Crippen LogP contribution in [0.15, 0.2) is 48.5 Å². The van der Waals surface area contributed by atoms with Gasteiger partial charge in [0.15, 0.2) is 0 Å². The fourth-order valence-electron chi connectivity index (χ4n) is 2.35. The van der Waals surface area contributed by atoms with Gasteiger partial charge in [0, 0.05) is 17.5 Å². The van der Waals surface area contributed by atoms with E-state index >= 15 is 0 Å². The molecular weight excluding hydrogens is 273 g/mol. The second kappa shape index (κ2) is 7.41. The highest BCUT2D eigenvalue weighted by Gasteiger charge is 2.16. The van der Waals surface area contributed by atoms with E-state index < -0.39 is 0 Å². The first-order valence-corrected chi connectivity index (χ1v) is 7.28. The Morgan fingerprint density at radius 1 is 1.10 bits per heavy atom. The third-order valence-electron chi connectivity index (χ3n) is 3.41. The van der Waals surface area contributed by atoms with Gasteiger partial charge in [-0.2, -0.15) is 0 Å². The van der Waals surface area contributed by atoms with E-state index in [-0.39, 0.29) is 11.7 Å². The third kappa shape index (κ3) is 3.81. The molecule has 0 bridgehead atoms. The van der Waals surface area contributed by atoms with Crippen LogP contribution in [0.25, 0.3) is 0 Å². The molecule has 0 amide bonds. The minimum Gasteiger partial charge on any atom is -0.316 e. The van der Waals surface area contributed by atoms with Crippen LogP contribution in [-0.2, 0) is 6.42 Å². The van der Waals surface area contributed by atoms with Crippen molar-refractivity contribution in [2.45, 2.75) is 19.3 Å². The highest BCUT2D eigenvalue weighted by Crippen LogP contribution is 2.27. The van der Waals surface area contributed by atoms with Gasteiger partial charge in [0.25, 0.3) is 0 Å². The van der Waals surface area contributed by atoms with Gasteiger partial charge in [0.1, 0.15) is 5.82 Å². The van der Waals surface area contributed by atoms with E-state index in [9.17, 15) is 4.39 Å². The molecule has 1 N–H and O–H groups in total. The van der Waals surface area contributed by atoms with Crippen molar-refractivity contribution in [3.05, 3.63) is 70.5 Å². The van der Waals surface area contributed by atoms with Crippen LogP contribution in [0, 0.1) is 5.82 Å². The third-order valence-corrected chi connectivity index (χ3v) is 3.75. The fourth-order valence-corrected chi connectivity index (χ4v) is 2.64. The average molecular weight is 292 g/mol. The summed E-state index contributed by atoms with van der Waals surface area (Å²) in [6.45, 7) is 3.74. The summed E-state index contributed by atoms with van der Waals surface area (Å²) >= 11 is 6.28. The molecule has 0 aromatic heterocycles. The van der Waals surface area contributed by atoms with Crippen LogP contribution in [0.3, 0.4) is 0 Å². The van der Waals surface area contributed by atoms with Crippen LogP contribution in [-0.4, -0.2) is 13.1 Å². The Labute approximate surface area is 124 Å². The molecule has 0 aliphatic rings. The van der Waals surface area contributed by atoms with Crippen LogP contribution in [0.2, 0.25) is 5.02 Å². The molecular formula is C17H19ClFN. The molecule has 1 atom stereocenters. The van der Waals surface area contributed by atoms with Crippen molar-refractivity contribution >= 4 is 11.6 Å². The Bertz CT molecular complexity index is 556. The minimum absolute atomic E-state index is 0.152. The summed E-state index contributed by atoms with van der Waals surface area (Å²) in [5.41, 5.74) is 1.80. The maximum absolute atomic E-state index is 13.8. The zero-order valence-electron chi connectivity index (χ0n) is 11.6. The minimum atomic E-state index is -0.152. The Morgan fingerprint density at radius 3 is 2.50 bits per heavy atom. The molecule has 2 aromatic carbocycles. The average Bonchev–Trinajstić information content (AvgIpc) is 2.46. The van der Waals surface area contributed by atoms with Crippen molar-refractivity contribution in [1.29, 1.82) is 0 Å². The summed E-state index contributed by atoms with van der Waals surface area (Å²) in [6, 6.07) is 14.7. The number of benzene rings is 2. The van der Waals surface area contributed by atoms with Gasteiger partial charge in [-0.15, -0.1) is 0 Å². The van der Waals surface area contributed by atoms with Crippen molar-refractivity contribution in [3.8, 4) is 0 Å². The Hall–Kier alpha value is -1.38. The summed E-state index contributed by atoms with van der Waals surface area (Å²) in [4.78, 5) is 0. The fraction of sp³-hybridized carbons (Fsp3) is 0.294. The van der Waals surface area contributed by atoms with Crippen molar-refractivity contribution in [2.75, 3.05) is 13.1 Å². The van der Waals surface area contributed by atoms with E-state index in [4.69, 9.17) is 11.6 Å². The second-order valence-corrected chi connectivity index (χ2v) is 5.23. The first-order chi connectivity index (χ1) is 9.72. The standard InChI is InChI=1S/C17H19ClFN/c1-2-20-12-14(15-8-4-5-9-16(15)18)11-13-7-3-6-10-17(13)19/h3-10,14,20H,2,11-12H2,1H3. The summed E-state index contributed by atoms with van der Waals surface area (Å²) < 4.78 is 13.8. The molecule has 0 saturated heterocycles. The van der Waals surface area contributed by atoms with E-state index in [1.165, 1.54) is 6.07 Å². The van der Waals surface area contributed by atoms with Gasteiger partial charge in [0.05, 0.1) is 0 Å². The van der Waals surface area contributed by atoms with Crippen LogP contribution in [0.5, 0.6) is 0 Å². The molecule has 20 heavy (non-hydrogen) atoms. The lowest BCUT2D eigenvalue weighted by molar-refractivity contribution is 0.562. The van der Waals surface area contributed by atoms with E-state index in [0.717, 1.165) is 29.2 Å². The highest BCUT2D eigenvalue weighted by atomic mass is 35.5. The van der Waals surface area contributed by atoms with E-state index in [1.54, 1.807) is 6.07 Å². The molecule has 0 aliphatic carbocycles. The zero-order valence-corrected chi connectivity index (χ0v) is 12.3. The predicted molar refractivity (Wildman–Crippen MR) is 82.8 cm³/mol. The quantitative estimate of drug-likeness (QED) is 0.831. The van der Waals surface area contributed by atoms with Crippen LogP contribution in [0.1, 0.15) is 24.0 Å². The molecule has 0 heterocycles. The van der Waals surface area contributed by atoms with Crippen molar-refractivity contribution in [1.82, 2.24) is 5.32 Å². The number of hydrogen-bond acceptors (Lipinski definition) is 1. The van der Waals surface area contributed by atoms with Crippen molar-refractivity contribution in [2.24, 2.45) is 0 Å². The van der Waals surface area contributed by atoms with Gasteiger partial charge in [-0.1, -0.05) is 54.9 Å². The Morgan fingerprint density at radius 2 is 1.80 bits per heavy atom. The molecule has 0 radical (unpaired) electrons. The van der Waals surface area contributed by atoms with Crippen molar-refractivity contribution in [3.63, 3.8) is 0 Å². The molecule has 106 valence electrons.